The van der Waals surface area contributed by atoms with Crippen LogP contribution in [0.2, 0.25) is 10.0 Å². The molecule has 33 heavy (non-hydrogen) atoms. The van der Waals surface area contributed by atoms with Crippen LogP contribution in [0.3, 0.4) is 0 Å². The SMILES string of the molecule is O=C(Nc1ccc(C(F)(F)F)c(Cl)c1)N1CC=C(c2ncc(CCC(O)CO)cc2Cl)CC1. The van der Waals surface area contributed by atoms with Crippen molar-refractivity contribution in [2.75, 3.05) is 25.0 Å². The molecule has 0 radical (unpaired) electrons. The fourth-order valence-electron chi connectivity index (χ4n) is 3.37. The summed E-state index contributed by atoms with van der Waals surface area (Å²) in [5, 5.41) is 20.9. The van der Waals surface area contributed by atoms with Gasteiger partial charge in [0.15, 0.2) is 0 Å². The van der Waals surface area contributed by atoms with Crippen molar-refractivity contribution in [2.45, 2.75) is 31.5 Å². The van der Waals surface area contributed by atoms with Gasteiger partial charge in [-0.25, -0.2) is 4.79 Å². The maximum atomic E-state index is 12.8. The lowest BCUT2D eigenvalue weighted by atomic mass is 10.0. The number of benzene rings is 1. The molecule has 1 atom stereocenters. The molecule has 0 saturated heterocycles. The summed E-state index contributed by atoms with van der Waals surface area (Å²) in [5.74, 6) is 0. The van der Waals surface area contributed by atoms with Crippen molar-refractivity contribution in [1.29, 1.82) is 0 Å². The maximum Gasteiger partial charge on any atom is 0.417 e. The minimum absolute atomic E-state index is 0.166. The molecule has 0 spiro atoms. The molecule has 6 nitrogen and oxygen atoms in total. The lowest BCUT2D eigenvalue weighted by Crippen LogP contribution is -2.38. The van der Waals surface area contributed by atoms with Crippen LogP contribution < -0.4 is 5.32 Å². The lowest BCUT2D eigenvalue weighted by Gasteiger charge is -2.27. The molecule has 3 N–H and O–H groups in total. The second-order valence-corrected chi connectivity index (χ2v) is 8.41. The zero-order chi connectivity index (χ0) is 24.2. The second kappa shape index (κ2) is 10.7. The Morgan fingerprint density at radius 2 is 2.00 bits per heavy atom. The topological polar surface area (TPSA) is 85.7 Å². The molecule has 3 rings (SSSR count). The number of rotatable bonds is 6. The van der Waals surface area contributed by atoms with Gasteiger partial charge in [-0.1, -0.05) is 29.3 Å². The van der Waals surface area contributed by atoms with Crippen molar-refractivity contribution >= 4 is 40.5 Å². The third-order valence-electron chi connectivity index (χ3n) is 5.20. The number of aliphatic hydroxyl groups excluding tert-OH is 2. The fourth-order valence-corrected chi connectivity index (χ4v) is 3.97. The van der Waals surface area contributed by atoms with Crippen molar-refractivity contribution < 1.29 is 28.2 Å². The van der Waals surface area contributed by atoms with E-state index in [2.05, 4.69) is 10.3 Å². The van der Waals surface area contributed by atoms with Gasteiger partial charge in [-0.3, -0.25) is 4.98 Å². The van der Waals surface area contributed by atoms with Crippen LogP contribution in [0.4, 0.5) is 23.7 Å². The Morgan fingerprint density at radius 3 is 2.58 bits per heavy atom. The van der Waals surface area contributed by atoms with E-state index in [4.69, 9.17) is 28.3 Å². The molecule has 0 saturated carbocycles. The van der Waals surface area contributed by atoms with Gasteiger partial charge in [0.1, 0.15) is 0 Å². The molecule has 178 valence electrons. The highest BCUT2D eigenvalue weighted by atomic mass is 35.5. The van der Waals surface area contributed by atoms with Crippen LogP contribution in [0.5, 0.6) is 0 Å². The number of amides is 2. The molecule has 2 heterocycles. The standard InChI is InChI=1S/C22H22Cl2F3N3O3/c23-18-10-15(2-4-17(18)22(25,26)27)29-21(33)30-7-5-14(6-8-30)20-19(24)9-13(11-28-20)1-3-16(32)12-31/h2,4-5,9-11,16,31-32H,1,3,6-8,12H2,(H,29,33). The summed E-state index contributed by atoms with van der Waals surface area (Å²) in [5.41, 5.74) is 1.53. The van der Waals surface area contributed by atoms with Crippen LogP contribution in [-0.2, 0) is 12.6 Å². The fraction of sp³-hybridized carbons (Fsp3) is 0.364. The number of alkyl halides is 3. The number of hydrogen-bond donors (Lipinski definition) is 3. The van der Waals surface area contributed by atoms with E-state index in [1.165, 1.54) is 4.90 Å². The van der Waals surface area contributed by atoms with E-state index in [-0.39, 0.29) is 18.8 Å². The molecule has 0 fully saturated rings. The van der Waals surface area contributed by atoms with Crippen LogP contribution in [0.1, 0.15) is 29.7 Å². The smallest absolute Gasteiger partial charge is 0.394 e. The first-order valence-corrected chi connectivity index (χ1v) is 10.9. The summed E-state index contributed by atoms with van der Waals surface area (Å²) in [6, 6.07) is 4.36. The molecule has 1 aliphatic rings. The van der Waals surface area contributed by atoms with E-state index >= 15 is 0 Å². The predicted octanol–water partition coefficient (Wildman–Crippen LogP) is 5.01. The average Bonchev–Trinajstić information content (AvgIpc) is 2.76. The monoisotopic (exact) mass is 503 g/mol. The van der Waals surface area contributed by atoms with Gasteiger partial charge in [0.2, 0.25) is 0 Å². The summed E-state index contributed by atoms with van der Waals surface area (Å²) in [6.45, 7) is 0.342. The van der Waals surface area contributed by atoms with Crippen LogP contribution in [0.15, 0.2) is 36.5 Å². The Labute approximate surface area is 198 Å². The number of aryl methyl sites for hydroxylation is 1. The van der Waals surface area contributed by atoms with Gasteiger partial charge >= 0.3 is 12.2 Å². The number of pyridine rings is 1. The van der Waals surface area contributed by atoms with E-state index in [9.17, 15) is 23.1 Å². The largest absolute Gasteiger partial charge is 0.417 e. The highest BCUT2D eigenvalue weighted by Gasteiger charge is 2.33. The third-order valence-corrected chi connectivity index (χ3v) is 5.80. The molecule has 1 aliphatic heterocycles. The van der Waals surface area contributed by atoms with Gasteiger partial charge in [-0.2, -0.15) is 13.2 Å². The van der Waals surface area contributed by atoms with Crippen LogP contribution in [0.25, 0.3) is 5.57 Å². The van der Waals surface area contributed by atoms with E-state index in [0.717, 1.165) is 29.3 Å². The van der Waals surface area contributed by atoms with Crippen molar-refractivity contribution in [3.63, 3.8) is 0 Å². The van der Waals surface area contributed by atoms with Gasteiger partial charge < -0.3 is 20.4 Å². The van der Waals surface area contributed by atoms with E-state index in [1.807, 2.05) is 6.08 Å². The zero-order valence-electron chi connectivity index (χ0n) is 17.4. The quantitative estimate of drug-likeness (QED) is 0.516. The average molecular weight is 504 g/mol. The summed E-state index contributed by atoms with van der Waals surface area (Å²) in [4.78, 5) is 18.4. The Bertz CT molecular complexity index is 1050. The molecular weight excluding hydrogens is 482 g/mol. The van der Waals surface area contributed by atoms with Crippen molar-refractivity contribution in [2.24, 2.45) is 0 Å². The predicted molar refractivity (Wildman–Crippen MR) is 120 cm³/mol. The second-order valence-electron chi connectivity index (χ2n) is 7.60. The Kier molecular flexibility index (Phi) is 8.23. The zero-order valence-corrected chi connectivity index (χ0v) is 18.9. The highest BCUT2D eigenvalue weighted by molar-refractivity contribution is 6.32. The minimum atomic E-state index is -4.57. The highest BCUT2D eigenvalue weighted by Crippen LogP contribution is 2.36. The third kappa shape index (κ3) is 6.60. The molecule has 2 aromatic rings. The summed E-state index contributed by atoms with van der Waals surface area (Å²) in [7, 11) is 0. The number of carbonyl (C=O) groups is 1. The molecule has 0 bridgehead atoms. The van der Waals surface area contributed by atoms with Crippen molar-refractivity contribution in [1.82, 2.24) is 9.88 Å². The molecule has 1 aromatic carbocycles. The van der Waals surface area contributed by atoms with Crippen molar-refractivity contribution in [3.8, 4) is 0 Å². The van der Waals surface area contributed by atoms with Gasteiger partial charge in [-0.15, -0.1) is 0 Å². The van der Waals surface area contributed by atoms with Crippen LogP contribution in [-0.4, -0.2) is 51.9 Å². The van der Waals surface area contributed by atoms with Crippen LogP contribution >= 0.6 is 23.2 Å². The van der Waals surface area contributed by atoms with E-state index in [1.54, 1.807) is 12.3 Å². The first-order valence-electron chi connectivity index (χ1n) is 10.1. The van der Waals surface area contributed by atoms with E-state index in [0.29, 0.717) is 36.5 Å². The summed E-state index contributed by atoms with van der Waals surface area (Å²) < 4.78 is 38.5. The maximum absolute atomic E-state index is 12.8. The van der Waals surface area contributed by atoms with Gasteiger partial charge in [0.25, 0.3) is 0 Å². The van der Waals surface area contributed by atoms with E-state index < -0.39 is 28.9 Å². The minimum Gasteiger partial charge on any atom is -0.394 e. The molecule has 2 amide bonds. The van der Waals surface area contributed by atoms with Crippen LogP contribution in [0, 0.1) is 0 Å². The number of aromatic nitrogens is 1. The number of nitrogens with zero attached hydrogens (tertiary/aromatic N) is 2. The number of carbonyl (C=O) groups excluding carboxylic acids is 1. The number of halogens is 5. The van der Waals surface area contributed by atoms with Gasteiger partial charge in [0, 0.05) is 25.0 Å². The Hall–Kier alpha value is -2.33. The number of aliphatic hydroxyl groups is 2. The Balaban J connectivity index is 1.61. The molecule has 11 heteroatoms. The first kappa shape index (κ1) is 25.3. The van der Waals surface area contributed by atoms with Crippen molar-refractivity contribution in [3.05, 3.63) is 63.4 Å². The normalized spacial score (nSPS) is 15.2. The first-order chi connectivity index (χ1) is 15.6. The summed E-state index contributed by atoms with van der Waals surface area (Å²) in [6.07, 6.45) is -0.454. The van der Waals surface area contributed by atoms with Gasteiger partial charge in [-0.05, 0) is 54.7 Å². The molecular formula is C22H22Cl2F3N3O3. The number of anilines is 1. The Morgan fingerprint density at radius 1 is 1.24 bits per heavy atom. The lowest BCUT2D eigenvalue weighted by molar-refractivity contribution is -0.137. The van der Waals surface area contributed by atoms with Gasteiger partial charge in [0.05, 0.1) is 34.0 Å². The number of urea groups is 1. The number of hydrogen-bond acceptors (Lipinski definition) is 4. The summed E-state index contributed by atoms with van der Waals surface area (Å²) >= 11 is 12.1. The molecule has 1 unspecified atom stereocenters. The molecule has 0 aliphatic carbocycles. The molecule has 1 aromatic heterocycles. The number of nitrogens with one attached hydrogen (secondary N) is 1.